The topological polar surface area (TPSA) is 111 Å². The first kappa shape index (κ1) is 20.7. The molecule has 2 saturated heterocycles. The van der Waals surface area contributed by atoms with Crippen LogP contribution in [0.4, 0.5) is 20.2 Å². The molecule has 31 heavy (non-hydrogen) atoms. The van der Waals surface area contributed by atoms with E-state index in [4.69, 9.17) is 0 Å². The molecule has 0 radical (unpaired) electrons. The lowest BCUT2D eigenvalue weighted by molar-refractivity contribution is -0.144. The molecule has 5 N–H and O–H groups in total. The Kier molecular flexibility index (Phi) is 5.55. The molecule has 0 bridgehead atoms. The smallest absolute Gasteiger partial charge is 0.229 e. The molecule has 0 aromatic heterocycles. The molecule has 4 rings (SSSR count). The van der Waals surface area contributed by atoms with Crippen LogP contribution < -0.4 is 26.6 Å². The molecule has 2 aromatic rings. The number of halogens is 2. The van der Waals surface area contributed by atoms with E-state index in [1.165, 1.54) is 36.4 Å². The number of piperidine rings is 1. The molecule has 0 saturated carbocycles. The number of aryl methyl sites for hydroxylation is 1. The zero-order chi connectivity index (χ0) is 22.1. The van der Waals surface area contributed by atoms with Crippen LogP contribution in [0.5, 0.6) is 0 Å². The second-order valence-electron chi connectivity index (χ2n) is 7.61. The summed E-state index contributed by atoms with van der Waals surface area (Å²) in [5, 5.41) is 13.9. The molecule has 0 spiro atoms. The molecule has 4 unspecified atom stereocenters. The van der Waals surface area contributed by atoms with Gasteiger partial charge in [0.25, 0.3) is 0 Å². The van der Waals surface area contributed by atoms with Crippen LogP contribution in [-0.4, -0.2) is 30.2 Å². The normalized spacial score (nSPS) is 25.1. The van der Waals surface area contributed by atoms with Crippen LogP contribution >= 0.6 is 0 Å². The van der Waals surface area contributed by atoms with Crippen molar-refractivity contribution in [3.63, 3.8) is 0 Å². The fourth-order valence-electron chi connectivity index (χ4n) is 3.81. The molecule has 2 aliphatic rings. The van der Waals surface area contributed by atoms with Crippen LogP contribution in [0.15, 0.2) is 42.5 Å². The van der Waals surface area contributed by atoms with Crippen molar-refractivity contribution in [3.8, 4) is 0 Å². The number of amides is 3. The van der Waals surface area contributed by atoms with E-state index in [0.29, 0.717) is 11.3 Å². The summed E-state index contributed by atoms with van der Waals surface area (Å²) in [6.07, 6.45) is -1.77. The number of nitrogens with one attached hydrogen (secondary N) is 5. The van der Waals surface area contributed by atoms with Crippen LogP contribution in [0.3, 0.4) is 0 Å². The molecule has 2 heterocycles. The average molecular weight is 429 g/mol. The number of carbonyl (C=O) groups excluding carboxylic acids is 3. The van der Waals surface area contributed by atoms with Crippen molar-refractivity contribution >= 4 is 29.1 Å². The lowest BCUT2D eigenvalue weighted by Gasteiger charge is -2.43. The fraction of sp³-hybridized carbons (Fsp3) is 0.286. The molecule has 2 fully saturated rings. The van der Waals surface area contributed by atoms with Gasteiger partial charge in [-0.1, -0.05) is 6.07 Å². The number of fused-ring (bicyclic) bond motifs is 1. The van der Waals surface area contributed by atoms with E-state index >= 15 is 0 Å². The van der Waals surface area contributed by atoms with Crippen molar-refractivity contribution < 1.29 is 23.2 Å². The highest BCUT2D eigenvalue weighted by Gasteiger charge is 2.48. The summed E-state index contributed by atoms with van der Waals surface area (Å²) in [6.45, 7) is 1.72. The van der Waals surface area contributed by atoms with Crippen molar-refractivity contribution in [1.82, 2.24) is 16.0 Å². The van der Waals surface area contributed by atoms with E-state index in [2.05, 4.69) is 26.6 Å². The van der Waals surface area contributed by atoms with Crippen molar-refractivity contribution in [1.29, 1.82) is 0 Å². The molecule has 162 valence electrons. The van der Waals surface area contributed by atoms with Gasteiger partial charge in [-0.2, -0.15) is 0 Å². The number of hydrogen-bond acceptors (Lipinski definition) is 5. The standard InChI is InChI=1S/C21H21F2N5O3/c1-10-2-7-15(14(23)8-10)25-19(30)13-9-16(29)26-18-17(13)20(31)28-21(27-18)24-12-5-3-11(22)4-6-12/h2-8,13,17-18,21,24,27H,9H2,1H3,(H,25,30)(H,26,29)(H,28,31). The Hall–Kier alpha value is -3.53. The van der Waals surface area contributed by atoms with E-state index < -0.39 is 53.6 Å². The van der Waals surface area contributed by atoms with Gasteiger partial charge in [-0.15, -0.1) is 0 Å². The number of benzene rings is 2. The zero-order valence-corrected chi connectivity index (χ0v) is 16.5. The quantitative estimate of drug-likeness (QED) is 0.505. The molecular weight excluding hydrogens is 408 g/mol. The van der Waals surface area contributed by atoms with Gasteiger partial charge < -0.3 is 21.3 Å². The molecule has 2 aromatic carbocycles. The van der Waals surface area contributed by atoms with E-state index in [9.17, 15) is 23.2 Å². The molecule has 10 heteroatoms. The Morgan fingerprint density at radius 1 is 1.06 bits per heavy atom. The Bertz CT molecular complexity index is 1030. The van der Waals surface area contributed by atoms with E-state index in [-0.39, 0.29) is 12.1 Å². The summed E-state index contributed by atoms with van der Waals surface area (Å²) < 4.78 is 27.2. The Labute approximate surface area is 176 Å². The minimum absolute atomic E-state index is 0.0156. The summed E-state index contributed by atoms with van der Waals surface area (Å²) in [4.78, 5) is 37.9. The van der Waals surface area contributed by atoms with Gasteiger partial charge >= 0.3 is 0 Å². The van der Waals surface area contributed by atoms with Crippen LogP contribution in [0.1, 0.15) is 12.0 Å². The molecule has 3 amide bonds. The first-order valence-electron chi connectivity index (χ1n) is 9.75. The van der Waals surface area contributed by atoms with Crippen LogP contribution in [0, 0.1) is 30.4 Å². The van der Waals surface area contributed by atoms with Gasteiger partial charge in [0.15, 0.2) is 6.29 Å². The van der Waals surface area contributed by atoms with Crippen molar-refractivity contribution in [2.24, 2.45) is 11.8 Å². The summed E-state index contributed by atoms with van der Waals surface area (Å²) in [5.74, 6) is -4.35. The highest BCUT2D eigenvalue weighted by atomic mass is 19.1. The minimum Gasteiger partial charge on any atom is -0.353 e. The number of hydrogen-bond donors (Lipinski definition) is 5. The summed E-state index contributed by atoms with van der Waals surface area (Å²) in [7, 11) is 0. The lowest BCUT2D eigenvalue weighted by atomic mass is 9.81. The maximum absolute atomic E-state index is 14.1. The average Bonchev–Trinajstić information content (AvgIpc) is 2.71. The Morgan fingerprint density at radius 3 is 2.52 bits per heavy atom. The van der Waals surface area contributed by atoms with Gasteiger partial charge in [0.2, 0.25) is 17.7 Å². The highest BCUT2D eigenvalue weighted by Crippen LogP contribution is 2.28. The first-order chi connectivity index (χ1) is 14.8. The second kappa shape index (κ2) is 8.31. The first-order valence-corrected chi connectivity index (χ1v) is 9.75. The van der Waals surface area contributed by atoms with Crippen LogP contribution in [-0.2, 0) is 14.4 Å². The maximum Gasteiger partial charge on any atom is 0.229 e. The Balaban J connectivity index is 1.48. The third kappa shape index (κ3) is 4.48. The third-order valence-corrected chi connectivity index (χ3v) is 5.32. The number of anilines is 2. The number of carbonyl (C=O) groups is 3. The van der Waals surface area contributed by atoms with E-state index in [1.54, 1.807) is 13.0 Å². The molecule has 2 aliphatic heterocycles. The summed E-state index contributed by atoms with van der Waals surface area (Å²) in [5.41, 5.74) is 1.23. The third-order valence-electron chi connectivity index (χ3n) is 5.32. The molecule has 8 nitrogen and oxygen atoms in total. The van der Waals surface area contributed by atoms with Gasteiger partial charge in [-0.05, 0) is 48.9 Å². The largest absolute Gasteiger partial charge is 0.353 e. The number of rotatable bonds is 4. The van der Waals surface area contributed by atoms with Crippen LogP contribution in [0.2, 0.25) is 0 Å². The van der Waals surface area contributed by atoms with Gasteiger partial charge in [0.1, 0.15) is 11.6 Å². The lowest BCUT2D eigenvalue weighted by Crippen LogP contribution is -2.72. The SMILES string of the molecule is Cc1ccc(NC(=O)C2CC(=O)NC3NC(Nc4ccc(F)cc4)NC(=O)C32)c(F)c1. The molecule has 0 aliphatic carbocycles. The van der Waals surface area contributed by atoms with Gasteiger partial charge in [-0.25, -0.2) is 8.78 Å². The zero-order valence-electron chi connectivity index (χ0n) is 16.5. The fourth-order valence-corrected chi connectivity index (χ4v) is 3.81. The van der Waals surface area contributed by atoms with E-state index in [1.807, 2.05) is 0 Å². The summed E-state index contributed by atoms with van der Waals surface area (Å²) >= 11 is 0. The van der Waals surface area contributed by atoms with E-state index in [0.717, 1.165) is 0 Å². The van der Waals surface area contributed by atoms with Gasteiger partial charge in [0, 0.05) is 12.1 Å². The van der Waals surface area contributed by atoms with Crippen molar-refractivity contribution in [3.05, 3.63) is 59.7 Å². The van der Waals surface area contributed by atoms with Crippen LogP contribution in [0.25, 0.3) is 0 Å². The van der Waals surface area contributed by atoms with Gasteiger partial charge in [0.05, 0.1) is 23.7 Å². The predicted octanol–water partition coefficient (Wildman–Crippen LogP) is 1.41. The van der Waals surface area contributed by atoms with Crippen molar-refractivity contribution in [2.45, 2.75) is 25.8 Å². The highest BCUT2D eigenvalue weighted by molar-refractivity contribution is 6.00. The molecule has 4 atom stereocenters. The molecular formula is C21H21F2N5O3. The Morgan fingerprint density at radius 2 is 1.81 bits per heavy atom. The predicted molar refractivity (Wildman–Crippen MR) is 108 cm³/mol. The van der Waals surface area contributed by atoms with Gasteiger partial charge in [-0.3, -0.25) is 19.7 Å². The monoisotopic (exact) mass is 429 g/mol. The second-order valence-corrected chi connectivity index (χ2v) is 7.61. The minimum atomic E-state index is -0.987. The van der Waals surface area contributed by atoms with Crippen molar-refractivity contribution in [2.75, 3.05) is 10.6 Å². The maximum atomic E-state index is 14.1. The summed E-state index contributed by atoms with van der Waals surface area (Å²) in [6, 6.07) is 9.90.